The highest BCUT2D eigenvalue weighted by molar-refractivity contribution is 5.75. The zero-order valence-electron chi connectivity index (χ0n) is 13.1. The second-order valence-corrected chi connectivity index (χ2v) is 5.58. The summed E-state index contributed by atoms with van der Waals surface area (Å²) in [6.07, 6.45) is 10.5. The Morgan fingerprint density at radius 1 is 0.947 bits per heavy atom. The highest BCUT2D eigenvalue weighted by Gasteiger charge is 2.22. The highest BCUT2D eigenvalue weighted by Crippen LogP contribution is 2.13. The molecule has 114 valence electrons. The van der Waals surface area contributed by atoms with Crippen LogP contribution in [0.25, 0.3) is 0 Å². The zero-order valence-corrected chi connectivity index (χ0v) is 13.1. The van der Waals surface area contributed by atoms with Crippen LogP contribution in [-0.2, 0) is 4.79 Å². The van der Waals surface area contributed by atoms with Crippen LogP contribution >= 0.6 is 0 Å². The number of nitrogens with one attached hydrogen (secondary N) is 1. The fraction of sp³-hybridized carbons (Fsp3) is 0.938. The van der Waals surface area contributed by atoms with E-state index in [2.05, 4.69) is 12.2 Å². The standard InChI is InChI=1S/C16H33NO2/c1-4-7-8-9-10-11-12-13-15(18)17-14-16(19,5-2)6-3/h19H,4-14H2,1-3H3,(H,17,18). The summed E-state index contributed by atoms with van der Waals surface area (Å²) >= 11 is 0. The molecule has 0 saturated carbocycles. The summed E-state index contributed by atoms with van der Waals surface area (Å²) in [4.78, 5) is 11.6. The van der Waals surface area contributed by atoms with Gasteiger partial charge in [-0.1, -0.05) is 59.3 Å². The number of unbranched alkanes of at least 4 members (excludes halogenated alkanes) is 6. The van der Waals surface area contributed by atoms with Gasteiger partial charge >= 0.3 is 0 Å². The molecule has 0 aromatic carbocycles. The number of carbonyl (C=O) groups is 1. The predicted molar refractivity (Wildman–Crippen MR) is 81.2 cm³/mol. The van der Waals surface area contributed by atoms with Crippen LogP contribution in [0.1, 0.15) is 85.0 Å². The molecule has 0 atom stereocenters. The summed E-state index contributed by atoms with van der Waals surface area (Å²) in [6, 6.07) is 0. The molecule has 1 amide bonds. The number of amides is 1. The fourth-order valence-corrected chi connectivity index (χ4v) is 2.09. The highest BCUT2D eigenvalue weighted by atomic mass is 16.3. The predicted octanol–water partition coefficient (Wildman–Crippen LogP) is 3.79. The lowest BCUT2D eigenvalue weighted by Gasteiger charge is -2.25. The maximum Gasteiger partial charge on any atom is 0.220 e. The molecule has 0 aliphatic heterocycles. The lowest BCUT2D eigenvalue weighted by molar-refractivity contribution is -0.122. The number of aliphatic hydroxyl groups is 1. The van der Waals surface area contributed by atoms with Crippen LogP contribution in [0.4, 0.5) is 0 Å². The van der Waals surface area contributed by atoms with E-state index in [0.29, 0.717) is 25.8 Å². The Labute approximate surface area is 119 Å². The van der Waals surface area contributed by atoms with Gasteiger partial charge in [0, 0.05) is 13.0 Å². The minimum atomic E-state index is -0.726. The van der Waals surface area contributed by atoms with Crippen LogP contribution in [0.2, 0.25) is 0 Å². The van der Waals surface area contributed by atoms with Crippen LogP contribution in [0.15, 0.2) is 0 Å². The van der Waals surface area contributed by atoms with Gasteiger partial charge in [0.05, 0.1) is 5.60 Å². The summed E-state index contributed by atoms with van der Waals surface area (Å²) in [5.74, 6) is 0.0777. The molecule has 19 heavy (non-hydrogen) atoms. The van der Waals surface area contributed by atoms with E-state index < -0.39 is 5.60 Å². The number of rotatable bonds is 12. The monoisotopic (exact) mass is 271 g/mol. The molecule has 0 heterocycles. The first-order chi connectivity index (χ1) is 9.08. The Kier molecular flexibility index (Phi) is 10.9. The summed E-state index contributed by atoms with van der Waals surface area (Å²) in [7, 11) is 0. The molecule has 0 rings (SSSR count). The lowest BCUT2D eigenvalue weighted by Crippen LogP contribution is -2.41. The van der Waals surface area contributed by atoms with E-state index in [1.54, 1.807) is 0 Å². The maximum absolute atomic E-state index is 11.6. The van der Waals surface area contributed by atoms with Gasteiger partial charge < -0.3 is 10.4 Å². The quantitative estimate of drug-likeness (QED) is 0.530. The molecule has 2 N–H and O–H groups in total. The van der Waals surface area contributed by atoms with Crippen molar-refractivity contribution in [3.8, 4) is 0 Å². The van der Waals surface area contributed by atoms with E-state index in [4.69, 9.17) is 0 Å². The minimum Gasteiger partial charge on any atom is -0.388 e. The van der Waals surface area contributed by atoms with E-state index in [1.165, 1.54) is 32.1 Å². The lowest BCUT2D eigenvalue weighted by atomic mass is 9.97. The third-order valence-electron chi connectivity index (χ3n) is 3.94. The van der Waals surface area contributed by atoms with E-state index >= 15 is 0 Å². The molecule has 0 unspecified atom stereocenters. The van der Waals surface area contributed by atoms with Gasteiger partial charge in [-0.25, -0.2) is 0 Å². The van der Waals surface area contributed by atoms with Crippen molar-refractivity contribution in [2.24, 2.45) is 0 Å². The first-order valence-electron chi connectivity index (χ1n) is 8.07. The van der Waals surface area contributed by atoms with Crippen molar-refractivity contribution in [2.75, 3.05) is 6.54 Å². The first kappa shape index (κ1) is 18.4. The van der Waals surface area contributed by atoms with Crippen molar-refractivity contribution < 1.29 is 9.90 Å². The van der Waals surface area contributed by atoms with E-state index in [9.17, 15) is 9.90 Å². The Morgan fingerprint density at radius 3 is 2.00 bits per heavy atom. The minimum absolute atomic E-state index is 0.0777. The third kappa shape index (κ3) is 9.94. The zero-order chi connectivity index (χ0) is 14.6. The summed E-state index contributed by atoms with van der Waals surface area (Å²) in [5.41, 5.74) is -0.726. The van der Waals surface area contributed by atoms with Crippen molar-refractivity contribution in [3.63, 3.8) is 0 Å². The van der Waals surface area contributed by atoms with Crippen LogP contribution in [0.5, 0.6) is 0 Å². The van der Waals surface area contributed by atoms with Gasteiger partial charge in [0.15, 0.2) is 0 Å². The van der Waals surface area contributed by atoms with Gasteiger partial charge in [-0.2, -0.15) is 0 Å². The third-order valence-corrected chi connectivity index (χ3v) is 3.94. The summed E-state index contributed by atoms with van der Waals surface area (Å²) in [5, 5.41) is 12.9. The van der Waals surface area contributed by atoms with Gasteiger partial charge in [-0.3, -0.25) is 4.79 Å². The summed E-state index contributed by atoms with van der Waals surface area (Å²) < 4.78 is 0. The molecule has 0 aliphatic carbocycles. The average Bonchev–Trinajstić information content (AvgIpc) is 2.44. The van der Waals surface area contributed by atoms with Crippen LogP contribution < -0.4 is 5.32 Å². The van der Waals surface area contributed by atoms with Crippen molar-refractivity contribution in [1.82, 2.24) is 5.32 Å². The molecule has 3 heteroatoms. The Morgan fingerprint density at radius 2 is 1.47 bits per heavy atom. The molecule has 0 aromatic heterocycles. The Bertz CT molecular complexity index is 225. The first-order valence-corrected chi connectivity index (χ1v) is 8.07. The molecular formula is C16H33NO2. The van der Waals surface area contributed by atoms with Crippen LogP contribution in [0, 0.1) is 0 Å². The van der Waals surface area contributed by atoms with Gasteiger partial charge in [-0.15, -0.1) is 0 Å². The second kappa shape index (κ2) is 11.3. The van der Waals surface area contributed by atoms with Gasteiger partial charge in [0.2, 0.25) is 5.91 Å². The summed E-state index contributed by atoms with van der Waals surface area (Å²) in [6.45, 7) is 6.51. The molecule has 0 saturated heterocycles. The van der Waals surface area contributed by atoms with Gasteiger partial charge in [-0.05, 0) is 19.3 Å². The molecule has 0 aromatic rings. The largest absolute Gasteiger partial charge is 0.388 e. The molecule has 0 radical (unpaired) electrons. The molecule has 0 fully saturated rings. The SMILES string of the molecule is CCCCCCCCCC(=O)NCC(O)(CC)CC. The Hall–Kier alpha value is -0.570. The topological polar surface area (TPSA) is 49.3 Å². The number of hydrogen-bond acceptors (Lipinski definition) is 2. The molecule has 3 nitrogen and oxygen atoms in total. The van der Waals surface area contributed by atoms with E-state index in [1.807, 2.05) is 13.8 Å². The van der Waals surface area contributed by atoms with E-state index in [-0.39, 0.29) is 5.91 Å². The van der Waals surface area contributed by atoms with Gasteiger partial charge in [0.25, 0.3) is 0 Å². The normalized spacial score (nSPS) is 11.6. The van der Waals surface area contributed by atoms with Crippen molar-refractivity contribution in [1.29, 1.82) is 0 Å². The van der Waals surface area contributed by atoms with E-state index in [0.717, 1.165) is 12.8 Å². The second-order valence-electron chi connectivity index (χ2n) is 5.58. The number of carbonyl (C=O) groups excluding carboxylic acids is 1. The number of hydrogen-bond donors (Lipinski definition) is 2. The van der Waals surface area contributed by atoms with Crippen LogP contribution in [0.3, 0.4) is 0 Å². The molecule has 0 spiro atoms. The van der Waals surface area contributed by atoms with Crippen molar-refractivity contribution in [2.45, 2.75) is 90.6 Å². The van der Waals surface area contributed by atoms with Crippen molar-refractivity contribution in [3.05, 3.63) is 0 Å². The maximum atomic E-state index is 11.6. The van der Waals surface area contributed by atoms with Crippen LogP contribution in [-0.4, -0.2) is 23.2 Å². The van der Waals surface area contributed by atoms with Gasteiger partial charge in [0.1, 0.15) is 0 Å². The smallest absolute Gasteiger partial charge is 0.220 e. The molecule has 0 aliphatic rings. The molecule has 0 bridgehead atoms. The fourth-order valence-electron chi connectivity index (χ4n) is 2.09. The Balaban J connectivity index is 3.49. The molecular weight excluding hydrogens is 238 g/mol. The average molecular weight is 271 g/mol. The van der Waals surface area contributed by atoms with Crippen molar-refractivity contribution >= 4 is 5.91 Å².